The third-order valence-electron chi connectivity index (χ3n) is 9.49. The molecule has 3 N–H and O–H groups in total. The number of hydrogen-bond donors (Lipinski definition) is 3. The molecule has 5 atom stereocenters. The van der Waals surface area contributed by atoms with E-state index in [1.165, 1.54) is 11.0 Å². The number of amides is 3. The first kappa shape index (κ1) is 33.6. The number of allylic oxidation sites excluding steroid dienone is 1. The second kappa shape index (κ2) is 13.3. The number of cyclic esters (lactones) is 1. The number of aliphatic carboxylic acids is 1. The number of hydrogen-bond acceptors (Lipinski definition) is 7. The van der Waals surface area contributed by atoms with Crippen LogP contribution in [-0.2, 0) is 19.1 Å². The molecule has 3 amide bonds. The number of benzene rings is 2. The Hall–Kier alpha value is -5.26. The molecule has 0 unspecified atom stereocenters. The number of carboxylic acid groups (broad SMARTS) is 1. The van der Waals surface area contributed by atoms with Crippen LogP contribution in [-0.4, -0.2) is 79.7 Å². The number of alkyl carbamates (subject to hydrolysis) is 1. The number of carboxylic acids is 1. The highest BCUT2D eigenvalue weighted by molar-refractivity contribution is 5.96. The van der Waals surface area contributed by atoms with E-state index in [1.54, 1.807) is 4.80 Å². The zero-order valence-electron chi connectivity index (χ0n) is 28.0. The number of nitrogens with one attached hydrogen (secondary N) is 2. The van der Waals surface area contributed by atoms with Gasteiger partial charge in [0.1, 0.15) is 29.0 Å². The average molecular weight is 667 g/mol. The summed E-state index contributed by atoms with van der Waals surface area (Å²) in [6.07, 6.45) is 6.40. The first-order valence-electron chi connectivity index (χ1n) is 16.6. The molecule has 3 aliphatic rings. The summed E-state index contributed by atoms with van der Waals surface area (Å²) in [7, 11) is 0. The third-order valence-corrected chi connectivity index (χ3v) is 9.49. The van der Waals surface area contributed by atoms with Crippen molar-refractivity contribution in [3.63, 3.8) is 0 Å². The highest BCUT2D eigenvalue weighted by Crippen LogP contribution is 2.45. The number of nitrogens with zero attached hydrogens (tertiary/aromatic N) is 4. The Morgan fingerprint density at radius 3 is 2.47 bits per heavy atom. The molecule has 256 valence electrons. The first-order chi connectivity index (χ1) is 23.4. The van der Waals surface area contributed by atoms with E-state index in [0.717, 1.165) is 16.7 Å². The van der Waals surface area contributed by atoms with Crippen molar-refractivity contribution in [2.45, 2.75) is 70.1 Å². The minimum Gasteiger partial charge on any atom is -0.479 e. The minimum atomic E-state index is -1.49. The molecule has 6 rings (SSSR count). The van der Waals surface area contributed by atoms with E-state index < -0.39 is 58.9 Å². The molecular weight excluding hydrogens is 624 g/mol. The molecule has 0 spiro atoms. The molecule has 3 heterocycles. The molecule has 12 heteroatoms. The smallest absolute Gasteiger partial charge is 0.407 e. The van der Waals surface area contributed by atoms with Gasteiger partial charge in [0.15, 0.2) is 0 Å². The normalized spacial score (nSPS) is 26.3. The average Bonchev–Trinajstić information content (AvgIpc) is 3.39. The summed E-state index contributed by atoms with van der Waals surface area (Å²) >= 11 is 0. The zero-order valence-corrected chi connectivity index (χ0v) is 28.0. The van der Waals surface area contributed by atoms with Gasteiger partial charge in [-0.1, -0.05) is 87.5 Å². The maximum atomic E-state index is 14.4. The molecule has 1 saturated carbocycles. The molecule has 1 aliphatic carbocycles. The maximum absolute atomic E-state index is 14.4. The summed E-state index contributed by atoms with van der Waals surface area (Å²) < 4.78 is 5.44. The van der Waals surface area contributed by atoms with Gasteiger partial charge in [0.25, 0.3) is 0 Å². The van der Waals surface area contributed by atoms with Crippen LogP contribution in [0.5, 0.6) is 0 Å². The van der Waals surface area contributed by atoms with E-state index >= 15 is 0 Å². The standard InChI is InChI=1S/C37H42N6O6/c1-5-26-21-37(26,34(46)47)39-32(44)28-20-27-22-42(28)33(45)31(36(2,3)4)38-35(48)49-18-11-7-8-13-23-14-12-17-25(19-23)30-29(40-43(27)41-30)24-15-9-6-10-16-24/h5-6,8-10,12-17,19,26-28,31H,1,7,11,18,20-22H2,2-4H3,(H,38,48)(H,39,44)(H,46,47)/b13-8+/t26-,27-,28+,31-,37-/m1/s1. The summed E-state index contributed by atoms with van der Waals surface area (Å²) in [6, 6.07) is 15.0. The Bertz CT molecular complexity index is 1800. The zero-order chi connectivity index (χ0) is 34.9. The van der Waals surface area contributed by atoms with Crippen LogP contribution in [0.15, 0.2) is 73.3 Å². The van der Waals surface area contributed by atoms with Crippen molar-refractivity contribution in [2.75, 3.05) is 13.2 Å². The molecule has 49 heavy (non-hydrogen) atoms. The van der Waals surface area contributed by atoms with Crippen molar-refractivity contribution < 1.29 is 29.0 Å². The van der Waals surface area contributed by atoms with Gasteiger partial charge in [-0.05, 0) is 36.3 Å². The van der Waals surface area contributed by atoms with Crippen LogP contribution in [0.25, 0.3) is 28.6 Å². The second-order valence-electron chi connectivity index (χ2n) is 14.0. The van der Waals surface area contributed by atoms with Crippen LogP contribution < -0.4 is 10.6 Å². The lowest BCUT2D eigenvalue weighted by Gasteiger charge is -2.35. The van der Waals surface area contributed by atoms with Gasteiger partial charge >= 0.3 is 12.1 Å². The van der Waals surface area contributed by atoms with Crippen molar-refractivity contribution in [2.24, 2.45) is 11.3 Å². The van der Waals surface area contributed by atoms with Crippen molar-refractivity contribution in [1.29, 1.82) is 0 Å². The van der Waals surface area contributed by atoms with Gasteiger partial charge in [0, 0.05) is 30.0 Å². The van der Waals surface area contributed by atoms with E-state index in [2.05, 4.69) is 17.2 Å². The number of carbonyl (C=O) groups is 4. The number of aromatic nitrogens is 3. The molecule has 1 saturated heterocycles. The van der Waals surface area contributed by atoms with Crippen LogP contribution in [0.2, 0.25) is 0 Å². The Morgan fingerprint density at radius 1 is 1.08 bits per heavy atom. The van der Waals surface area contributed by atoms with Crippen LogP contribution in [0.4, 0.5) is 4.79 Å². The largest absolute Gasteiger partial charge is 0.479 e. The Labute approximate surface area is 285 Å². The minimum absolute atomic E-state index is 0.0519. The van der Waals surface area contributed by atoms with Crippen LogP contribution >= 0.6 is 0 Å². The molecule has 6 bridgehead atoms. The Morgan fingerprint density at radius 2 is 1.80 bits per heavy atom. The fourth-order valence-corrected chi connectivity index (χ4v) is 6.61. The topological polar surface area (TPSA) is 156 Å². The van der Waals surface area contributed by atoms with E-state index in [1.807, 2.05) is 87.5 Å². The summed E-state index contributed by atoms with van der Waals surface area (Å²) in [5, 5.41) is 25.4. The quantitative estimate of drug-likeness (QED) is 0.327. The van der Waals surface area contributed by atoms with Crippen LogP contribution in [0, 0.1) is 11.3 Å². The lowest BCUT2D eigenvalue weighted by Crippen LogP contribution is -2.59. The van der Waals surface area contributed by atoms with Crippen molar-refractivity contribution in [3.8, 4) is 22.5 Å². The molecule has 12 nitrogen and oxygen atoms in total. The highest BCUT2D eigenvalue weighted by Gasteiger charge is 2.61. The number of ether oxygens (including phenoxy) is 1. The fourth-order valence-electron chi connectivity index (χ4n) is 6.61. The second-order valence-corrected chi connectivity index (χ2v) is 14.0. The summed E-state index contributed by atoms with van der Waals surface area (Å²) in [5.41, 5.74) is 1.73. The summed E-state index contributed by atoms with van der Waals surface area (Å²) in [4.78, 5) is 56.7. The SMILES string of the molecule is C=C[C@@H]1C[C@]1(NC(=O)[C@@H]1C[C@@H]2CN1C(=O)[C@H](C(C)(C)C)NC(=O)OCCC/C=C/c1cccc(c1)-c1nn2nc1-c1ccccc1)C(=O)O. The van der Waals surface area contributed by atoms with E-state index in [-0.39, 0.29) is 26.0 Å². The number of carbonyl (C=O) groups excluding carboxylic acids is 3. The van der Waals surface area contributed by atoms with Gasteiger partial charge in [-0.15, -0.1) is 6.58 Å². The first-order valence-corrected chi connectivity index (χ1v) is 16.6. The van der Waals surface area contributed by atoms with Gasteiger partial charge in [0.05, 0.1) is 12.6 Å². The number of rotatable bonds is 5. The predicted octanol–water partition coefficient (Wildman–Crippen LogP) is 4.85. The summed E-state index contributed by atoms with van der Waals surface area (Å²) in [5.74, 6) is -2.69. The summed E-state index contributed by atoms with van der Waals surface area (Å²) in [6.45, 7) is 9.38. The van der Waals surface area contributed by atoms with Crippen LogP contribution in [0.3, 0.4) is 0 Å². The van der Waals surface area contributed by atoms with Crippen molar-refractivity contribution in [1.82, 2.24) is 30.5 Å². The molecule has 2 aliphatic heterocycles. The number of fused-ring (bicyclic) bond motifs is 8. The van der Waals surface area contributed by atoms with Gasteiger partial charge in [-0.2, -0.15) is 15.0 Å². The molecule has 3 aromatic rings. The monoisotopic (exact) mass is 666 g/mol. The van der Waals surface area contributed by atoms with Gasteiger partial charge in [0.2, 0.25) is 11.8 Å². The van der Waals surface area contributed by atoms with E-state index in [4.69, 9.17) is 14.9 Å². The van der Waals surface area contributed by atoms with E-state index in [9.17, 15) is 24.3 Å². The van der Waals surface area contributed by atoms with Gasteiger partial charge in [-0.3, -0.25) is 9.59 Å². The third kappa shape index (κ3) is 6.85. The molecule has 0 radical (unpaired) electrons. The maximum Gasteiger partial charge on any atom is 0.407 e. The Balaban J connectivity index is 1.44. The lowest BCUT2D eigenvalue weighted by molar-refractivity contribution is -0.146. The van der Waals surface area contributed by atoms with Crippen molar-refractivity contribution in [3.05, 3.63) is 78.9 Å². The predicted molar refractivity (Wildman–Crippen MR) is 183 cm³/mol. The highest BCUT2D eigenvalue weighted by atomic mass is 16.5. The van der Waals surface area contributed by atoms with Crippen molar-refractivity contribution >= 4 is 30.0 Å². The van der Waals surface area contributed by atoms with Crippen LogP contribution in [0.1, 0.15) is 58.1 Å². The Kier molecular flexibility index (Phi) is 9.15. The molecule has 2 aromatic carbocycles. The molecule has 1 aromatic heterocycles. The molecular formula is C37H42N6O6. The fraction of sp³-hybridized carbons (Fsp3) is 0.405. The van der Waals surface area contributed by atoms with Gasteiger partial charge < -0.3 is 25.4 Å². The van der Waals surface area contributed by atoms with E-state index in [0.29, 0.717) is 24.2 Å². The lowest BCUT2D eigenvalue weighted by atomic mass is 9.85. The van der Waals surface area contributed by atoms with Gasteiger partial charge in [-0.25, -0.2) is 9.59 Å². The molecule has 2 fully saturated rings.